The first-order chi connectivity index (χ1) is 10.7. The molecule has 5 nitrogen and oxygen atoms in total. The van der Waals surface area contributed by atoms with Crippen molar-refractivity contribution in [3.63, 3.8) is 0 Å². The molecule has 0 bridgehead atoms. The highest BCUT2D eigenvalue weighted by molar-refractivity contribution is 5.82. The summed E-state index contributed by atoms with van der Waals surface area (Å²) in [5, 5.41) is 8.97. The first kappa shape index (κ1) is 15.0. The highest BCUT2D eigenvalue weighted by Crippen LogP contribution is 2.19. The van der Waals surface area contributed by atoms with Gasteiger partial charge in [0.1, 0.15) is 5.75 Å². The van der Waals surface area contributed by atoms with Gasteiger partial charge in [0.2, 0.25) is 0 Å². The SMILES string of the molecule is Cn1ncc2ccc(OCCCC3CCCNC3)cc2c1=O. The van der Waals surface area contributed by atoms with Gasteiger partial charge in [-0.3, -0.25) is 4.79 Å². The Balaban J connectivity index is 1.57. The van der Waals surface area contributed by atoms with E-state index in [-0.39, 0.29) is 5.56 Å². The van der Waals surface area contributed by atoms with Crippen molar-refractivity contribution in [2.24, 2.45) is 13.0 Å². The van der Waals surface area contributed by atoms with Crippen LogP contribution < -0.4 is 15.6 Å². The van der Waals surface area contributed by atoms with Crippen LogP contribution in [0, 0.1) is 5.92 Å². The molecular formula is C17H23N3O2. The average molecular weight is 301 g/mol. The molecule has 1 saturated heterocycles. The molecule has 0 amide bonds. The lowest BCUT2D eigenvalue weighted by atomic mass is 9.95. The van der Waals surface area contributed by atoms with Crippen LogP contribution in [0.15, 0.2) is 29.2 Å². The van der Waals surface area contributed by atoms with Crippen molar-refractivity contribution < 1.29 is 4.74 Å². The summed E-state index contributed by atoms with van der Waals surface area (Å²) in [5.41, 5.74) is -0.0868. The average Bonchev–Trinajstić information content (AvgIpc) is 2.56. The van der Waals surface area contributed by atoms with E-state index in [0.717, 1.165) is 36.6 Å². The van der Waals surface area contributed by atoms with Gasteiger partial charge in [-0.15, -0.1) is 0 Å². The van der Waals surface area contributed by atoms with Crippen LogP contribution in [-0.2, 0) is 7.05 Å². The highest BCUT2D eigenvalue weighted by atomic mass is 16.5. The minimum atomic E-state index is -0.0868. The topological polar surface area (TPSA) is 56.1 Å². The molecule has 1 atom stereocenters. The molecule has 1 aliphatic heterocycles. The third-order valence-corrected chi connectivity index (χ3v) is 4.34. The van der Waals surface area contributed by atoms with Gasteiger partial charge in [0.25, 0.3) is 5.56 Å². The quantitative estimate of drug-likeness (QED) is 0.859. The lowest BCUT2D eigenvalue weighted by molar-refractivity contribution is 0.276. The predicted molar refractivity (Wildman–Crippen MR) is 87.3 cm³/mol. The molecule has 1 fully saturated rings. The number of nitrogens with one attached hydrogen (secondary N) is 1. The van der Waals surface area contributed by atoms with Gasteiger partial charge in [0.05, 0.1) is 18.2 Å². The molecule has 1 N–H and O–H groups in total. The Morgan fingerprint density at radius 2 is 2.36 bits per heavy atom. The molecule has 0 saturated carbocycles. The van der Waals surface area contributed by atoms with Gasteiger partial charge in [-0.05, 0) is 62.9 Å². The van der Waals surface area contributed by atoms with Crippen LogP contribution >= 0.6 is 0 Å². The van der Waals surface area contributed by atoms with E-state index in [0.29, 0.717) is 12.0 Å². The summed E-state index contributed by atoms with van der Waals surface area (Å²) in [6, 6.07) is 5.62. The Labute approximate surface area is 130 Å². The fourth-order valence-electron chi connectivity index (χ4n) is 3.03. The second-order valence-electron chi connectivity index (χ2n) is 6.03. The van der Waals surface area contributed by atoms with E-state index in [4.69, 9.17) is 4.74 Å². The maximum Gasteiger partial charge on any atom is 0.274 e. The third kappa shape index (κ3) is 3.47. The number of nitrogens with zero attached hydrogens (tertiary/aromatic N) is 2. The van der Waals surface area contributed by atoms with Gasteiger partial charge in [-0.25, -0.2) is 4.68 Å². The summed E-state index contributed by atoms with van der Waals surface area (Å²) in [6.45, 7) is 3.00. The van der Waals surface area contributed by atoms with Crippen molar-refractivity contribution >= 4 is 10.8 Å². The summed E-state index contributed by atoms with van der Waals surface area (Å²) >= 11 is 0. The zero-order valence-electron chi connectivity index (χ0n) is 13.0. The summed E-state index contributed by atoms with van der Waals surface area (Å²) in [7, 11) is 1.66. The molecule has 0 spiro atoms. The molecular weight excluding hydrogens is 278 g/mol. The molecule has 1 aliphatic rings. The van der Waals surface area contributed by atoms with Crippen molar-refractivity contribution in [1.29, 1.82) is 0 Å². The van der Waals surface area contributed by atoms with Gasteiger partial charge >= 0.3 is 0 Å². The maximum absolute atomic E-state index is 12.1. The zero-order chi connectivity index (χ0) is 15.4. The number of ether oxygens (including phenoxy) is 1. The Kier molecular flexibility index (Phi) is 4.73. The third-order valence-electron chi connectivity index (χ3n) is 4.34. The molecule has 2 aromatic rings. The van der Waals surface area contributed by atoms with Crippen molar-refractivity contribution in [3.8, 4) is 5.75 Å². The summed E-state index contributed by atoms with van der Waals surface area (Å²) in [6.07, 6.45) is 6.57. The van der Waals surface area contributed by atoms with Crippen molar-refractivity contribution in [3.05, 3.63) is 34.7 Å². The largest absolute Gasteiger partial charge is 0.494 e. The van der Waals surface area contributed by atoms with Gasteiger partial charge in [0.15, 0.2) is 0 Å². The van der Waals surface area contributed by atoms with Crippen LogP contribution in [0.4, 0.5) is 0 Å². The second kappa shape index (κ2) is 6.92. The van der Waals surface area contributed by atoms with Crippen LogP contribution in [-0.4, -0.2) is 29.5 Å². The van der Waals surface area contributed by atoms with Crippen LogP contribution in [0.5, 0.6) is 5.75 Å². The predicted octanol–water partition coefficient (Wildman–Crippen LogP) is 2.09. The summed E-state index contributed by atoms with van der Waals surface area (Å²) in [4.78, 5) is 12.1. The van der Waals surface area contributed by atoms with Crippen LogP contribution in [0.2, 0.25) is 0 Å². The molecule has 5 heteroatoms. The molecule has 1 aromatic heterocycles. The number of rotatable bonds is 5. The molecule has 0 radical (unpaired) electrons. The fraction of sp³-hybridized carbons (Fsp3) is 0.529. The van der Waals surface area contributed by atoms with E-state index in [1.54, 1.807) is 13.2 Å². The van der Waals surface area contributed by atoms with E-state index < -0.39 is 0 Å². The van der Waals surface area contributed by atoms with E-state index in [1.807, 2.05) is 18.2 Å². The van der Waals surface area contributed by atoms with Crippen LogP contribution in [0.3, 0.4) is 0 Å². The maximum atomic E-state index is 12.1. The normalized spacial score (nSPS) is 18.5. The minimum Gasteiger partial charge on any atom is -0.494 e. The Morgan fingerprint density at radius 1 is 1.45 bits per heavy atom. The molecule has 2 heterocycles. The monoisotopic (exact) mass is 301 g/mol. The first-order valence-electron chi connectivity index (χ1n) is 8.03. The fourth-order valence-corrected chi connectivity index (χ4v) is 3.03. The van der Waals surface area contributed by atoms with Gasteiger partial charge in [-0.1, -0.05) is 0 Å². The number of piperidine rings is 1. The van der Waals surface area contributed by atoms with Crippen molar-refractivity contribution in [1.82, 2.24) is 15.1 Å². The van der Waals surface area contributed by atoms with E-state index in [1.165, 1.54) is 23.9 Å². The Bertz CT molecular complexity index is 690. The smallest absolute Gasteiger partial charge is 0.274 e. The number of benzene rings is 1. The zero-order valence-corrected chi connectivity index (χ0v) is 13.0. The van der Waals surface area contributed by atoms with E-state index >= 15 is 0 Å². The second-order valence-corrected chi connectivity index (χ2v) is 6.03. The Morgan fingerprint density at radius 3 is 3.18 bits per heavy atom. The first-order valence-corrected chi connectivity index (χ1v) is 8.03. The minimum absolute atomic E-state index is 0.0868. The Hall–Kier alpha value is -1.88. The molecule has 1 unspecified atom stereocenters. The number of hydrogen-bond acceptors (Lipinski definition) is 4. The molecule has 118 valence electrons. The van der Waals surface area contributed by atoms with Crippen molar-refractivity contribution in [2.75, 3.05) is 19.7 Å². The number of hydrogen-bond donors (Lipinski definition) is 1. The lowest BCUT2D eigenvalue weighted by Gasteiger charge is -2.22. The number of aryl methyl sites for hydroxylation is 1. The van der Waals surface area contributed by atoms with Crippen LogP contribution in [0.25, 0.3) is 10.8 Å². The van der Waals surface area contributed by atoms with E-state index in [2.05, 4.69) is 10.4 Å². The molecule has 1 aromatic carbocycles. The van der Waals surface area contributed by atoms with Gasteiger partial charge in [0, 0.05) is 12.4 Å². The standard InChI is InChI=1S/C17H23N3O2/c1-20-17(21)16-10-15(7-6-14(16)12-19-20)22-9-3-5-13-4-2-8-18-11-13/h6-7,10,12-13,18H,2-5,8-9,11H2,1H3. The summed E-state index contributed by atoms with van der Waals surface area (Å²) in [5.74, 6) is 1.55. The van der Waals surface area contributed by atoms with E-state index in [9.17, 15) is 4.79 Å². The highest BCUT2D eigenvalue weighted by Gasteiger charge is 2.12. The number of fused-ring (bicyclic) bond motifs is 1. The summed E-state index contributed by atoms with van der Waals surface area (Å²) < 4.78 is 7.16. The molecule has 22 heavy (non-hydrogen) atoms. The van der Waals surface area contributed by atoms with Gasteiger partial charge < -0.3 is 10.1 Å². The van der Waals surface area contributed by atoms with Gasteiger partial charge in [-0.2, -0.15) is 5.10 Å². The van der Waals surface area contributed by atoms with Crippen molar-refractivity contribution in [2.45, 2.75) is 25.7 Å². The molecule has 3 rings (SSSR count). The molecule has 0 aliphatic carbocycles. The number of aromatic nitrogens is 2. The van der Waals surface area contributed by atoms with Crippen LogP contribution in [0.1, 0.15) is 25.7 Å². The lowest BCUT2D eigenvalue weighted by Crippen LogP contribution is -2.29.